The number of nitrogens with zero attached hydrogens (tertiary/aromatic N) is 1. The second-order valence-corrected chi connectivity index (χ2v) is 4.24. The molecule has 0 aliphatic carbocycles. The molecule has 0 unspecified atom stereocenters. The highest BCUT2D eigenvalue weighted by molar-refractivity contribution is 6.01. The van der Waals surface area contributed by atoms with E-state index in [4.69, 9.17) is 5.73 Å². The Bertz CT molecular complexity index is 656. The van der Waals surface area contributed by atoms with E-state index < -0.39 is 5.91 Å². The van der Waals surface area contributed by atoms with Crippen molar-refractivity contribution in [3.63, 3.8) is 0 Å². The van der Waals surface area contributed by atoms with Gasteiger partial charge in [0.1, 0.15) is 5.82 Å². The van der Waals surface area contributed by atoms with E-state index in [1.54, 1.807) is 36.5 Å². The average Bonchev–Trinajstić information content (AvgIpc) is 2.82. The van der Waals surface area contributed by atoms with Crippen LogP contribution in [-0.2, 0) is 4.79 Å². The molecule has 1 aromatic carbocycles. The van der Waals surface area contributed by atoms with E-state index in [9.17, 15) is 9.59 Å². The normalized spacial score (nSPS) is 10.7. The molecule has 0 saturated heterocycles. The first-order chi connectivity index (χ1) is 9.56. The van der Waals surface area contributed by atoms with Crippen LogP contribution in [0, 0.1) is 6.92 Å². The van der Waals surface area contributed by atoms with Crippen molar-refractivity contribution in [1.82, 2.24) is 10.2 Å². The number of aromatic amines is 1. The van der Waals surface area contributed by atoms with Gasteiger partial charge in [-0.1, -0.05) is 12.1 Å². The maximum Gasteiger partial charge on any atom is 0.249 e. The Morgan fingerprint density at radius 2 is 2.00 bits per heavy atom. The first-order valence-corrected chi connectivity index (χ1v) is 5.95. The summed E-state index contributed by atoms with van der Waals surface area (Å²) in [5.74, 6) is -0.173. The van der Waals surface area contributed by atoms with Crippen LogP contribution in [0.2, 0.25) is 0 Å². The molecular formula is C14H14N4O2. The van der Waals surface area contributed by atoms with Crippen LogP contribution in [0.15, 0.2) is 36.5 Å². The third-order valence-electron chi connectivity index (χ3n) is 2.70. The fraction of sp³-hybridized carbons (Fsp3) is 0.0714. The van der Waals surface area contributed by atoms with E-state index in [0.29, 0.717) is 11.4 Å². The number of nitrogens with one attached hydrogen (secondary N) is 2. The minimum atomic E-state index is -0.479. The van der Waals surface area contributed by atoms with Crippen LogP contribution in [0.3, 0.4) is 0 Å². The second-order valence-electron chi connectivity index (χ2n) is 4.24. The molecule has 6 heteroatoms. The molecule has 0 atom stereocenters. The lowest BCUT2D eigenvalue weighted by Gasteiger charge is -1.99. The number of amides is 2. The zero-order chi connectivity index (χ0) is 14.5. The molecule has 1 aromatic heterocycles. The molecule has 0 fully saturated rings. The molecule has 0 radical (unpaired) electrons. The quantitative estimate of drug-likeness (QED) is 0.733. The third-order valence-corrected chi connectivity index (χ3v) is 2.70. The number of aryl methyl sites for hydroxylation is 1. The number of nitrogens with two attached hydrogens (primary N) is 1. The van der Waals surface area contributed by atoms with Crippen LogP contribution in [0.4, 0.5) is 5.82 Å². The van der Waals surface area contributed by atoms with Crippen molar-refractivity contribution >= 4 is 23.7 Å². The van der Waals surface area contributed by atoms with Gasteiger partial charge in [0.15, 0.2) is 0 Å². The van der Waals surface area contributed by atoms with Crippen LogP contribution >= 0.6 is 0 Å². The highest BCUT2D eigenvalue weighted by atomic mass is 16.1. The maximum absolute atomic E-state index is 11.7. The molecule has 102 valence electrons. The number of carbonyl (C=O) groups is 2. The zero-order valence-electron chi connectivity index (χ0n) is 10.9. The van der Waals surface area contributed by atoms with Gasteiger partial charge in [-0.3, -0.25) is 14.7 Å². The van der Waals surface area contributed by atoms with Gasteiger partial charge in [-0.05, 0) is 30.7 Å². The first-order valence-electron chi connectivity index (χ1n) is 5.95. The predicted octanol–water partition coefficient (Wildman–Crippen LogP) is 1.47. The fourth-order valence-corrected chi connectivity index (χ4v) is 1.57. The van der Waals surface area contributed by atoms with Crippen molar-refractivity contribution in [2.75, 3.05) is 5.32 Å². The summed E-state index contributed by atoms with van der Waals surface area (Å²) >= 11 is 0. The summed E-state index contributed by atoms with van der Waals surface area (Å²) in [5.41, 5.74) is 7.23. The maximum atomic E-state index is 11.7. The van der Waals surface area contributed by atoms with E-state index in [0.717, 1.165) is 11.1 Å². The number of primary amides is 1. The van der Waals surface area contributed by atoms with E-state index in [1.807, 2.05) is 6.92 Å². The summed E-state index contributed by atoms with van der Waals surface area (Å²) in [5, 5.41) is 9.17. The summed E-state index contributed by atoms with van der Waals surface area (Å²) < 4.78 is 0. The summed E-state index contributed by atoms with van der Waals surface area (Å²) in [6.45, 7) is 1.84. The number of hydrogen-bond donors (Lipinski definition) is 3. The zero-order valence-corrected chi connectivity index (χ0v) is 10.9. The summed E-state index contributed by atoms with van der Waals surface area (Å²) in [4.78, 5) is 22.6. The lowest BCUT2D eigenvalue weighted by Crippen LogP contribution is -2.10. The molecule has 2 amide bonds. The number of benzene rings is 1. The van der Waals surface area contributed by atoms with Gasteiger partial charge in [0.05, 0.1) is 6.20 Å². The van der Waals surface area contributed by atoms with Crippen LogP contribution in [0.1, 0.15) is 21.5 Å². The Labute approximate surface area is 115 Å². The van der Waals surface area contributed by atoms with Crippen molar-refractivity contribution < 1.29 is 9.59 Å². The highest BCUT2D eigenvalue weighted by Gasteiger charge is 2.03. The number of hydrogen-bond acceptors (Lipinski definition) is 3. The number of anilines is 1. The second kappa shape index (κ2) is 5.83. The van der Waals surface area contributed by atoms with Crippen LogP contribution < -0.4 is 11.1 Å². The first kappa shape index (κ1) is 13.5. The van der Waals surface area contributed by atoms with Crippen molar-refractivity contribution in [3.05, 3.63) is 53.2 Å². The molecule has 2 aromatic rings. The van der Waals surface area contributed by atoms with Gasteiger partial charge in [0, 0.05) is 17.2 Å². The Balaban J connectivity index is 2.00. The number of aromatic nitrogens is 2. The molecule has 6 nitrogen and oxygen atoms in total. The SMILES string of the molecule is Cc1cn[nH]c1NC(=O)/C=C/c1ccc(C(N)=O)cc1. The van der Waals surface area contributed by atoms with Gasteiger partial charge < -0.3 is 11.1 Å². The Kier molecular flexibility index (Phi) is 3.95. The third kappa shape index (κ3) is 3.32. The van der Waals surface area contributed by atoms with Crippen LogP contribution in [-0.4, -0.2) is 22.0 Å². The summed E-state index contributed by atoms with van der Waals surface area (Å²) in [6.07, 6.45) is 4.67. The van der Waals surface area contributed by atoms with Crippen molar-refractivity contribution in [1.29, 1.82) is 0 Å². The molecule has 0 aliphatic rings. The van der Waals surface area contributed by atoms with E-state index in [-0.39, 0.29) is 5.91 Å². The standard InChI is InChI=1S/C14H14N4O2/c1-9-8-16-18-14(9)17-12(19)7-4-10-2-5-11(6-3-10)13(15)20/h2-8H,1H3,(H2,15,20)(H2,16,17,18,19)/b7-4+. The van der Waals surface area contributed by atoms with Gasteiger partial charge in [0.2, 0.25) is 11.8 Å². The molecule has 0 aliphatic heterocycles. The van der Waals surface area contributed by atoms with Gasteiger partial charge in [-0.25, -0.2) is 0 Å². The minimum absolute atomic E-state index is 0.267. The molecule has 0 bridgehead atoms. The largest absolute Gasteiger partial charge is 0.366 e. The van der Waals surface area contributed by atoms with Gasteiger partial charge in [-0.2, -0.15) is 5.10 Å². The lowest BCUT2D eigenvalue weighted by atomic mass is 10.1. The Morgan fingerprint density at radius 3 is 2.55 bits per heavy atom. The number of rotatable bonds is 4. The average molecular weight is 270 g/mol. The topological polar surface area (TPSA) is 101 Å². The molecule has 0 spiro atoms. The van der Waals surface area contributed by atoms with Crippen molar-refractivity contribution in [2.24, 2.45) is 5.73 Å². The lowest BCUT2D eigenvalue weighted by molar-refractivity contribution is -0.111. The Hall–Kier alpha value is -2.89. The van der Waals surface area contributed by atoms with Crippen molar-refractivity contribution in [3.8, 4) is 0 Å². The number of carbonyl (C=O) groups excluding carboxylic acids is 2. The van der Waals surface area contributed by atoms with E-state index in [2.05, 4.69) is 15.5 Å². The molecular weight excluding hydrogens is 256 g/mol. The van der Waals surface area contributed by atoms with Gasteiger partial charge >= 0.3 is 0 Å². The van der Waals surface area contributed by atoms with E-state index >= 15 is 0 Å². The molecule has 1 heterocycles. The summed E-state index contributed by atoms with van der Waals surface area (Å²) in [7, 11) is 0. The molecule has 20 heavy (non-hydrogen) atoms. The Morgan fingerprint density at radius 1 is 1.30 bits per heavy atom. The molecule has 2 rings (SSSR count). The monoisotopic (exact) mass is 270 g/mol. The van der Waals surface area contributed by atoms with Crippen LogP contribution in [0.5, 0.6) is 0 Å². The summed E-state index contributed by atoms with van der Waals surface area (Å²) in [6, 6.07) is 6.65. The minimum Gasteiger partial charge on any atom is -0.366 e. The number of H-pyrrole nitrogens is 1. The molecule has 0 saturated carbocycles. The van der Waals surface area contributed by atoms with Gasteiger partial charge in [0.25, 0.3) is 0 Å². The van der Waals surface area contributed by atoms with Crippen LogP contribution in [0.25, 0.3) is 6.08 Å². The van der Waals surface area contributed by atoms with Crippen molar-refractivity contribution in [2.45, 2.75) is 6.92 Å². The molecule has 4 N–H and O–H groups in total. The van der Waals surface area contributed by atoms with E-state index in [1.165, 1.54) is 6.08 Å². The predicted molar refractivity (Wildman–Crippen MR) is 75.9 cm³/mol. The smallest absolute Gasteiger partial charge is 0.249 e. The fourth-order valence-electron chi connectivity index (χ4n) is 1.57. The highest BCUT2D eigenvalue weighted by Crippen LogP contribution is 2.09. The van der Waals surface area contributed by atoms with Gasteiger partial charge in [-0.15, -0.1) is 0 Å².